The maximum atomic E-state index is 13.4. The van der Waals surface area contributed by atoms with Crippen molar-refractivity contribution < 1.29 is 31.2 Å². The van der Waals surface area contributed by atoms with E-state index in [1.165, 1.54) is 13.0 Å². The fourth-order valence-electron chi connectivity index (χ4n) is 3.26. The van der Waals surface area contributed by atoms with E-state index in [0.717, 1.165) is 29.4 Å². The van der Waals surface area contributed by atoms with Gasteiger partial charge in [0.1, 0.15) is 12.6 Å². The van der Waals surface area contributed by atoms with Crippen LogP contribution in [0.5, 0.6) is 0 Å². The third kappa shape index (κ3) is 8.01. The Kier molecular flexibility index (Phi) is 10.0. The van der Waals surface area contributed by atoms with E-state index in [0.29, 0.717) is 33.9 Å². The molecule has 0 aromatic heterocycles. The monoisotopic (exact) mass is 567 g/mol. The largest absolute Gasteiger partial charge is 0.416 e. The van der Waals surface area contributed by atoms with Crippen LogP contribution in [0.15, 0.2) is 42.5 Å². The van der Waals surface area contributed by atoms with E-state index in [4.69, 9.17) is 23.2 Å². The number of amides is 2. The quantitative estimate of drug-likeness (QED) is 0.450. The summed E-state index contributed by atoms with van der Waals surface area (Å²) in [4.78, 5) is 27.2. The summed E-state index contributed by atoms with van der Waals surface area (Å²) in [5, 5.41) is 3.24. The minimum absolute atomic E-state index is 0.171. The molecule has 0 bridgehead atoms. The molecule has 2 rings (SSSR count). The molecule has 2 aromatic rings. The van der Waals surface area contributed by atoms with Gasteiger partial charge >= 0.3 is 6.18 Å². The van der Waals surface area contributed by atoms with Crippen molar-refractivity contribution in [3.63, 3.8) is 0 Å². The zero-order valence-electron chi connectivity index (χ0n) is 19.8. The molecule has 0 aliphatic rings. The molecule has 2 amide bonds. The maximum absolute atomic E-state index is 13.4. The van der Waals surface area contributed by atoms with Crippen LogP contribution in [0.3, 0.4) is 0 Å². The predicted octanol–water partition coefficient (Wildman–Crippen LogP) is 4.72. The van der Waals surface area contributed by atoms with Crippen molar-refractivity contribution in [2.24, 2.45) is 0 Å². The zero-order valence-corrected chi connectivity index (χ0v) is 22.1. The van der Waals surface area contributed by atoms with Gasteiger partial charge < -0.3 is 10.2 Å². The highest BCUT2D eigenvalue weighted by Gasteiger charge is 2.33. The lowest BCUT2D eigenvalue weighted by Crippen LogP contribution is -2.51. The normalized spacial score (nSPS) is 12.7. The minimum atomic E-state index is -4.72. The lowest BCUT2D eigenvalue weighted by molar-refractivity contribution is -0.139. The Bertz CT molecular complexity index is 1210. The Labute approximate surface area is 218 Å². The third-order valence-electron chi connectivity index (χ3n) is 5.21. The first-order valence-corrected chi connectivity index (χ1v) is 13.4. The van der Waals surface area contributed by atoms with Gasteiger partial charge in [-0.3, -0.25) is 13.9 Å². The molecule has 36 heavy (non-hydrogen) atoms. The summed E-state index contributed by atoms with van der Waals surface area (Å²) in [6.07, 6.45) is -3.29. The number of anilines is 1. The molecule has 0 saturated carbocycles. The van der Waals surface area contributed by atoms with Gasteiger partial charge in [0.15, 0.2) is 0 Å². The molecular weight excluding hydrogens is 542 g/mol. The summed E-state index contributed by atoms with van der Waals surface area (Å²) < 4.78 is 65.2. The van der Waals surface area contributed by atoms with E-state index in [1.807, 2.05) is 6.92 Å². The third-order valence-corrected chi connectivity index (χ3v) is 6.94. The van der Waals surface area contributed by atoms with Crippen LogP contribution in [-0.2, 0) is 32.3 Å². The molecule has 0 unspecified atom stereocenters. The number of halogens is 5. The first-order valence-electron chi connectivity index (χ1n) is 10.8. The minimum Gasteiger partial charge on any atom is -0.354 e. The Morgan fingerprint density at radius 1 is 1.11 bits per heavy atom. The van der Waals surface area contributed by atoms with Gasteiger partial charge in [0.05, 0.1) is 17.5 Å². The average molecular weight is 568 g/mol. The lowest BCUT2D eigenvalue weighted by Gasteiger charge is -2.31. The van der Waals surface area contributed by atoms with Gasteiger partial charge in [-0.25, -0.2) is 8.42 Å². The number of sulfonamides is 1. The molecule has 2 aromatic carbocycles. The molecule has 13 heteroatoms. The van der Waals surface area contributed by atoms with Crippen molar-refractivity contribution in [1.82, 2.24) is 10.2 Å². The van der Waals surface area contributed by atoms with Crippen LogP contribution in [0.25, 0.3) is 0 Å². The smallest absolute Gasteiger partial charge is 0.354 e. The second kappa shape index (κ2) is 12.2. The Morgan fingerprint density at radius 3 is 2.33 bits per heavy atom. The number of nitrogens with zero attached hydrogens (tertiary/aromatic N) is 2. The second-order valence-corrected chi connectivity index (χ2v) is 10.8. The molecular formula is C23H26Cl2F3N3O4S. The summed E-state index contributed by atoms with van der Waals surface area (Å²) in [5.74, 6) is -1.30. The van der Waals surface area contributed by atoms with E-state index in [9.17, 15) is 31.2 Å². The van der Waals surface area contributed by atoms with Gasteiger partial charge in [-0.15, -0.1) is 0 Å². The van der Waals surface area contributed by atoms with Gasteiger partial charge in [0.2, 0.25) is 21.8 Å². The Balaban J connectivity index is 2.46. The van der Waals surface area contributed by atoms with Crippen molar-refractivity contribution in [2.45, 2.75) is 39.0 Å². The van der Waals surface area contributed by atoms with Crippen molar-refractivity contribution in [3.05, 3.63) is 63.6 Å². The molecule has 1 N–H and O–H groups in total. The number of hydrogen-bond acceptors (Lipinski definition) is 4. The Morgan fingerprint density at radius 2 is 1.78 bits per heavy atom. The van der Waals surface area contributed by atoms with Crippen LogP contribution in [0.2, 0.25) is 10.0 Å². The van der Waals surface area contributed by atoms with Gasteiger partial charge in [-0.05, 0) is 49.2 Å². The highest BCUT2D eigenvalue weighted by atomic mass is 35.5. The first-order chi connectivity index (χ1) is 16.6. The SMILES string of the molecule is CCCNC(=O)[C@H](C)N(Cc1ccc(Cl)cc1Cl)C(=O)CN(c1cccc(C(F)(F)F)c1)S(C)(=O)=O. The maximum Gasteiger partial charge on any atom is 0.416 e. The summed E-state index contributed by atoms with van der Waals surface area (Å²) in [7, 11) is -4.18. The van der Waals surface area contributed by atoms with Crippen LogP contribution in [0, 0.1) is 0 Å². The van der Waals surface area contributed by atoms with Gasteiger partial charge in [-0.1, -0.05) is 42.3 Å². The highest BCUT2D eigenvalue weighted by molar-refractivity contribution is 7.92. The fourth-order valence-corrected chi connectivity index (χ4v) is 4.57. The molecule has 0 radical (unpaired) electrons. The zero-order chi connectivity index (χ0) is 27.3. The van der Waals surface area contributed by atoms with E-state index < -0.39 is 46.2 Å². The Hall–Kier alpha value is -2.50. The molecule has 198 valence electrons. The van der Waals surface area contributed by atoms with Gasteiger partial charge in [-0.2, -0.15) is 13.2 Å². The molecule has 0 fully saturated rings. The van der Waals surface area contributed by atoms with Gasteiger partial charge in [0, 0.05) is 23.1 Å². The molecule has 0 saturated heterocycles. The molecule has 7 nitrogen and oxygen atoms in total. The van der Waals surface area contributed by atoms with E-state index >= 15 is 0 Å². The molecule has 0 aliphatic heterocycles. The first kappa shape index (κ1) is 29.7. The van der Waals surface area contributed by atoms with Crippen LogP contribution in [0.4, 0.5) is 18.9 Å². The topological polar surface area (TPSA) is 86.8 Å². The number of rotatable bonds is 10. The van der Waals surface area contributed by atoms with Crippen molar-refractivity contribution in [2.75, 3.05) is 23.7 Å². The number of hydrogen-bond donors (Lipinski definition) is 1. The van der Waals surface area contributed by atoms with Crippen molar-refractivity contribution in [1.29, 1.82) is 0 Å². The molecule has 0 aliphatic carbocycles. The summed E-state index contributed by atoms with van der Waals surface area (Å²) >= 11 is 12.2. The van der Waals surface area contributed by atoms with Gasteiger partial charge in [0.25, 0.3) is 0 Å². The van der Waals surface area contributed by atoms with Crippen LogP contribution < -0.4 is 9.62 Å². The number of nitrogens with one attached hydrogen (secondary N) is 1. The van der Waals surface area contributed by atoms with E-state index in [-0.39, 0.29) is 17.3 Å². The summed E-state index contributed by atoms with van der Waals surface area (Å²) in [6.45, 7) is 2.65. The van der Waals surface area contributed by atoms with Crippen molar-refractivity contribution in [3.8, 4) is 0 Å². The van der Waals surface area contributed by atoms with Crippen molar-refractivity contribution >= 4 is 50.7 Å². The van der Waals surface area contributed by atoms with Crippen LogP contribution >= 0.6 is 23.2 Å². The van der Waals surface area contributed by atoms with E-state index in [1.54, 1.807) is 12.1 Å². The number of alkyl halides is 3. The summed E-state index contributed by atoms with van der Waals surface area (Å²) in [5.41, 5.74) is -0.971. The molecule has 0 heterocycles. The second-order valence-electron chi connectivity index (χ2n) is 8.04. The lowest BCUT2D eigenvalue weighted by atomic mass is 10.1. The highest BCUT2D eigenvalue weighted by Crippen LogP contribution is 2.32. The fraction of sp³-hybridized carbons (Fsp3) is 0.391. The number of carbonyl (C=O) groups is 2. The predicted molar refractivity (Wildman–Crippen MR) is 133 cm³/mol. The van der Waals surface area contributed by atoms with Crippen LogP contribution in [0.1, 0.15) is 31.4 Å². The molecule has 1 atom stereocenters. The number of benzene rings is 2. The molecule has 0 spiro atoms. The van der Waals surface area contributed by atoms with Crippen LogP contribution in [-0.4, -0.2) is 50.5 Å². The standard InChI is InChI=1S/C23H26Cl2F3N3O4S/c1-4-10-29-22(33)15(2)30(13-16-8-9-18(24)12-20(16)25)21(32)14-31(36(3,34)35)19-7-5-6-17(11-19)23(26,27)28/h5-9,11-12,15H,4,10,13-14H2,1-3H3,(H,29,33)/t15-/m0/s1. The summed E-state index contributed by atoms with van der Waals surface area (Å²) in [6, 6.07) is 7.15. The average Bonchev–Trinajstić information content (AvgIpc) is 2.78. The van der Waals surface area contributed by atoms with E-state index in [2.05, 4.69) is 5.32 Å². The number of carbonyl (C=O) groups excluding carboxylic acids is 2.